The van der Waals surface area contributed by atoms with Crippen LogP contribution in [0.15, 0.2) is 30.7 Å². The predicted octanol–water partition coefficient (Wildman–Crippen LogP) is 2.15. The Hall–Kier alpha value is -4.52. The molecule has 0 unspecified atom stereocenters. The van der Waals surface area contributed by atoms with Crippen molar-refractivity contribution in [2.75, 3.05) is 24.8 Å². The van der Waals surface area contributed by atoms with Crippen LogP contribution in [-0.4, -0.2) is 69.6 Å². The Morgan fingerprint density at radius 2 is 1.92 bits per heavy atom. The van der Waals surface area contributed by atoms with Crippen molar-refractivity contribution in [3.05, 3.63) is 53.0 Å². The van der Waals surface area contributed by atoms with E-state index < -0.39 is 25.5 Å². The Balaban J connectivity index is 1.80. The summed E-state index contributed by atoms with van der Waals surface area (Å²) in [5, 5.41) is 18.8. The molecule has 0 atom stereocenters. The molecule has 3 aromatic rings. The van der Waals surface area contributed by atoms with Gasteiger partial charge in [0.05, 0.1) is 11.3 Å². The molecule has 206 valence electrons. The molecule has 2 aromatic heterocycles. The quantitative estimate of drug-likeness (QED) is 0.259. The number of carbonyl (C=O) groups is 4. The molecule has 0 spiro atoms. The molecule has 2 heterocycles. The van der Waals surface area contributed by atoms with Crippen molar-refractivity contribution >= 4 is 40.9 Å². The molecule has 13 heteroatoms. The Morgan fingerprint density at radius 3 is 2.62 bits per heavy atom. The van der Waals surface area contributed by atoms with Crippen molar-refractivity contribution in [2.45, 2.75) is 46.1 Å². The lowest BCUT2D eigenvalue weighted by atomic mass is 10.1. The lowest BCUT2D eigenvalue weighted by Crippen LogP contribution is -2.31. The van der Waals surface area contributed by atoms with Gasteiger partial charge in [-0.15, -0.1) is 0 Å². The fourth-order valence-corrected chi connectivity index (χ4v) is 3.91. The number of aliphatic hydroxyl groups is 1. The molecule has 3 amide bonds. The molecule has 1 saturated carbocycles. The summed E-state index contributed by atoms with van der Waals surface area (Å²) in [6, 6.07) is 5.01. The van der Waals surface area contributed by atoms with E-state index in [0.717, 1.165) is 24.2 Å². The van der Waals surface area contributed by atoms with E-state index in [2.05, 4.69) is 20.7 Å². The van der Waals surface area contributed by atoms with E-state index in [0.29, 0.717) is 34.3 Å². The van der Waals surface area contributed by atoms with Crippen LogP contribution in [0, 0.1) is 13.8 Å². The lowest BCUT2D eigenvalue weighted by molar-refractivity contribution is -0.154. The summed E-state index contributed by atoms with van der Waals surface area (Å²) in [5.41, 5.74) is 2.45. The number of fused-ring (bicyclic) bond motifs is 1. The number of rotatable bonds is 10. The summed E-state index contributed by atoms with van der Waals surface area (Å²) >= 11 is 0. The molecule has 1 fully saturated rings. The number of hydrogen-bond donors (Lipinski definition) is 3. The summed E-state index contributed by atoms with van der Waals surface area (Å²) in [4.78, 5) is 55.9. The van der Waals surface area contributed by atoms with E-state index >= 15 is 0 Å². The summed E-state index contributed by atoms with van der Waals surface area (Å²) < 4.78 is 11.3. The van der Waals surface area contributed by atoms with Gasteiger partial charge in [-0.1, -0.05) is 13.0 Å². The third-order valence-corrected chi connectivity index (χ3v) is 6.14. The van der Waals surface area contributed by atoms with E-state index in [1.807, 2.05) is 6.92 Å². The number of amides is 3. The molecule has 0 bridgehead atoms. The van der Waals surface area contributed by atoms with Gasteiger partial charge in [0.15, 0.2) is 5.82 Å². The van der Waals surface area contributed by atoms with Crippen LogP contribution in [-0.2, 0) is 14.3 Å². The average Bonchev–Trinajstić information content (AvgIpc) is 3.68. The highest BCUT2D eigenvalue weighted by atomic mass is 16.7. The van der Waals surface area contributed by atoms with Crippen molar-refractivity contribution in [3.8, 4) is 0 Å². The molecule has 1 aliphatic carbocycles. The zero-order valence-corrected chi connectivity index (χ0v) is 21.9. The number of hydrogen-bond acceptors (Lipinski definition) is 9. The monoisotopic (exact) mass is 538 g/mol. The van der Waals surface area contributed by atoms with Gasteiger partial charge in [0.25, 0.3) is 11.8 Å². The maximum absolute atomic E-state index is 13.5. The first-order valence-electron chi connectivity index (χ1n) is 12.5. The number of aliphatic hydroxyl groups excluding tert-OH is 1. The van der Waals surface area contributed by atoms with Gasteiger partial charge >= 0.3 is 12.1 Å². The fraction of sp³-hybridized carbons (Fsp3) is 0.385. The van der Waals surface area contributed by atoms with Gasteiger partial charge in [-0.3, -0.25) is 9.59 Å². The Morgan fingerprint density at radius 1 is 1.15 bits per heavy atom. The number of aromatic nitrogens is 3. The molecule has 3 N–H and O–H groups in total. The van der Waals surface area contributed by atoms with Crippen LogP contribution in [0.4, 0.5) is 16.3 Å². The predicted molar refractivity (Wildman–Crippen MR) is 139 cm³/mol. The van der Waals surface area contributed by atoms with Gasteiger partial charge in [-0.25, -0.2) is 24.0 Å². The second-order valence-electron chi connectivity index (χ2n) is 9.09. The SMILES string of the molecule is CCCNC(=O)c1cn2ncnc(N(C(=O)OCOC(=O)CO)c3cc(C(=O)NC4CC4)ccc3C)c2c1C. The molecule has 39 heavy (non-hydrogen) atoms. The molecule has 0 aliphatic heterocycles. The maximum atomic E-state index is 13.5. The van der Waals surface area contributed by atoms with Crippen LogP contribution in [0.2, 0.25) is 0 Å². The lowest BCUT2D eigenvalue weighted by Gasteiger charge is -2.24. The highest BCUT2D eigenvalue weighted by Gasteiger charge is 2.30. The van der Waals surface area contributed by atoms with Crippen molar-refractivity contribution in [3.63, 3.8) is 0 Å². The minimum absolute atomic E-state index is 0.0818. The Labute approximate surface area is 224 Å². The number of aryl methyl sites for hydroxylation is 2. The smallest absolute Gasteiger partial charge is 0.423 e. The van der Waals surface area contributed by atoms with Crippen molar-refractivity contribution < 1.29 is 33.8 Å². The zero-order valence-electron chi connectivity index (χ0n) is 21.9. The molecule has 4 rings (SSSR count). The van der Waals surface area contributed by atoms with Crippen LogP contribution in [0.1, 0.15) is 58.0 Å². The summed E-state index contributed by atoms with van der Waals surface area (Å²) in [6.07, 6.45) is 4.38. The maximum Gasteiger partial charge on any atom is 0.423 e. The first-order valence-corrected chi connectivity index (χ1v) is 12.5. The Bertz CT molecular complexity index is 1420. The highest BCUT2D eigenvalue weighted by molar-refractivity contribution is 6.05. The highest BCUT2D eigenvalue weighted by Crippen LogP contribution is 2.34. The van der Waals surface area contributed by atoms with E-state index in [9.17, 15) is 19.2 Å². The molecule has 0 radical (unpaired) electrons. The summed E-state index contributed by atoms with van der Waals surface area (Å²) in [5.74, 6) is -1.48. The number of benzene rings is 1. The number of esters is 1. The van der Waals surface area contributed by atoms with Crippen molar-refractivity contribution in [1.82, 2.24) is 25.2 Å². The van der Waals surface area contributed by atoms with Gasteiger partial charge in [-0.2, -0.15) is 5.10 Å². The normalized spacial score (nSPS) is 12.6. The average molecular weight is 539 g/mol. The fourth-order valence-electron chi connectivity index (χ4n) is 3.91. The van der Waals surface area contributed by atoms with Gasteiger partial charge in [0.2, 0.25) is 6.79 Å². The van der Waals surface area contributed by atoms with Gasteiger partial charge in [0, 0.05) is 24.3 Å². The van der Waals surface area contributed by atoms with Gasteiger partial charge in [0.1, 0.15) is 18.5 Å². The standard InChI is InChI=1S/C26H30N6O7/c1-4-9-27-25(36)19-11-31-22(16(19)3)23(28-13-29-31)32(26(37)39-14-38-21(34)12-33)20-10-17(6-5-15(20)2)24(35)30-18-7-8-18/h5-6,10-11,13,18,33H,4,7-9,12,14H2,1-3H3,(H,27,36)(H,30,35). The molecular formula is C26H30N6O7. The van der Waals surface area contributed by atoms with Crippen LogP contribution in [0.3, 0.4) is 0 Å². The number of anilines is 2. The largest absolute Gasteiger partial charge is 0.426 e. The van der Waals surface area contributed by atoms with E-state index in [1.54, 1.807) is 38.2 Å². The molecular weight excluding hydrogens is 508 g/mol. The van der Waals surface area contributed by atoms with Crippen molar-refractivity contribution in [1.29, 1.82) is 0 Å². The molecule has 1 aliphatic rings. The molecule has 1 aromatic carbocycles. The van der Waals surface area contributed by atoms with Crippen LogP contribution in [0.25, 0.3) is 5.52 Å². The molecule has 13 nitrogen and oxygen atoms in total. The summed E-state index contributed by atoms with van der Waals surface area (Å²) in [7, 11) is 0. The zero-order chi connectivity index (χ0) is 28.1. The van der Waals surface area contributed by atoms with E-state index in [-0.39, 0.29) is 29.4 Å². The minimum Gasteiger partial charge on any atom is -0.426 e. The van der Waals surface area contributed by atoms with Gasteiger partial charge < -0.3 is 25.2 Å². The summed E-state index contributed by atoms with van der Waals surface area (Å²) in [6.45, 7) is 4.25. The van der Waals surface area contributed by atoms with E-state index in [4.69, 9.17) is 14.6 Å². The van der Waals surface area contributed by atoms with Crippen LogP contribution >= 0.6 is 0 Å². The number of ether oxygens (including phenoxy) is 2. The first kappa shape index (κ1) is 27.5. The third kappa shape index (κ3) is 6.14. The van der Waals surface area contributed by atoms with Crippen molar-refractivity contribution in [2.24, 2.45) is 0 Å². The van der Waals surface area contributed by atoms with Crippen LogP contribution in [0.5, 0.6) is 0 Å². The Kier molecular flexibility index (Phi) is 8.39. The van der Waals surface area contributed by atoms with Crippen LogP contribution < -0.4 is 15.5 Å². The molecule has 0 saturated heterocycles. The first-order chi connectivity index (χ1) is 18.7. The number of carbonyl (C=O) groups excluding carboxylic acids is 4. The topological polar surface area (TPSA) is 164 Å². The third-order valence-electron chi connectivity index (χ3n) is 6.14. The van der Waals surface area contributed by atoms with Gasteiger partial charge in [-0.05, 0) is 56.4 Å². The second kappa shape index (κ2) is 11.9. The second-order valence-corrected chi connectivity index (χ2v) is 9.09. The minimum atomic E-state index is -0.973. The van der Waals surface area contributed by atoms with E-state index in [1.165, 1.54) is 10.8 Å². The number of nitrogens with zero attached hydrogens (tertiary/aromatic N) is 4. The number of nitrogens with one attached hydrogen (secondary N) is 2.